The van der Waals surface area contributed by atoms with Crippen molar-refractivity contribution in [1.29, 1.82) is 0 Å². The first-order valence-electron chi connectivity index (χ1n) is 7.99. The van der Waals surface area contributed by atoms with Crippen molar-refractivity contribution in [2.45, 2.75) is 45.1 Å². The summed E-state index contributed by atoms with van der Waals surface area (Å²) in [5, 5.41) is 1.02. The number of carbonyl (C=O) groups excluding carboxylic acids is 1. The SMILES string of the molecule is COc1ccc2[nH]cc(CC(=O)OC3CCCC(C)C3)c2c1. The van der Waals surface area contributed by atoms with E-state index in [9.17, 15) is 4.79 Å². The van der Waals surface area contributed by atoms with Gasteiger partial charge >= 0.3 is 5.97 Å². The fraction of sp³-hybridized carbons (Fsp3) is 0.500. The summed E-state index contributed by atoms with van der Waals surface area (Å²) in [4.78, 5) is 15.4. The maximum absolute atomic E-state index is 12.2. The molecule has 0 saturated heterocycles. The van der Waals surface area contributed by atoms with Crippen molar-refractivity contribution in [2.75, 3.05) is 7.11 Å². The van der Waals surface area contributed by atoms with E-state index in [1.165, 1.54) is 6.42 Å². The number of rotatable bonds is 4. The summed E-state index contributed by atoms with van der Waals surface area (Å²) in [7, 11) is 1.64. The second-order valence-electron chi connectivity index (χ2n) is 6.29. The summed E-state index contributed by atoms with van der Waals surface area (Å²) in [6, 6.07) is 5.83. The van der Waals surface area contributed by atoms with Crippen LogP contribution in [0.5, 0.6) is 5.75 Å². The Hall–Kier alpha value is -1.97. The highest BCUT2D eigenvalue weighted by Crippen LogP contribution is 2.27. The molecule has 2 atom stereocenters. The Bertz CT molecular complexity index is 661. The zero-order chi connectivity index (χ0) is 15.5. The molecular formula is C18H23NO3. The summed E-state index contributed by atoms with van der Waals surface area (Å²) in [5.74, 6) is 1.31. The Morgan fingerprint density at radius 2 is 2.23 bits per heavy atom. The molecule has 1 aromatic carbocycles. The third-order valence-corrected chi connectivity index (χ3v) is 4.50. The molecule has 4 heteroatoms. The van der Waals surface area contributed by atoms with Gasteiger partial charge in [0, 0.05) is 17.1 Å². The summed E-state index contributed by atoms with van der Waals surface area (Å²) in [6.45, 7) is 2.23. The molecule has 2 unspecified atom stereocenters. The van der Waals surface area contributed by atoms with Gasteiger partial charge in [0.15, 0.2) is 0 Å². The molecule has 1 fully saturated rings. The normalized spacial score (nSPS) is 21.7. The minimum absolute atomic E-state index is 0.0935. The summed E-state index contributed by atoms with van der Waals surface area (Å²) in [6.07, 6.45) is 6.67. The van der Waals surface area contributed by atoms with Gasteiger partial charge in [0.25, 0.3) is 0 Å². The van der Waals surface area contributed by atoms with Gasteiger partial charge in [-0.1, -0.05) is 13.3 Å². The number of fused-ring (bicyclic) bond motifs is 1. The van der Waals surface area contributed by atoms with Crippen molar-refractivity contribution < 1.29 is 14.3 Å². The van der Waals surface area contributed by atoms with E-state index in [1.807, 2.05) is 24.4 Å². The molecule has 1 aliphatic rings. The standard InChI is InChI=1S/C18H23NO3/c1-12-4-3-5-15(8-12)22-18(20)9-13-11-19-17-7-6-14(21-2)10-16(13)17/h6-7,10-12,15,19H,3-5,8-9H2,1-2H3. The first-order valence-corrected chi connectivity index (χ1v) is 7.99. The molecule has 22 heavy (non-hydrogen) atoms. The molecule has 4 nitrogen and oxygen atoms in total. The Morgan fingerprint density at radius 1 is 1.36 bits per heavy atom. The maximum Gasteiger partial charge on any atom is 0.310 e. The molecule has 0 spiro atoms. The second-order valence-corrected chi connectivity index (χ2v) is 6.29. The minimum atomic E-state index is -0.136. The number of benzene rings is 1. The summed E-state index contributed by atoms with van der Waals surface area (Å²) < 4.78 is 10.9. The van der Waals surface area contributed by atoms with E-state index in [2.05, 4.69) is 11.9 Å². The molecule has 1 saturated carbocycles. The van der Waals surface area contributed by atoms with Crippen LogP contribution in [-0.4, -0.2) is 24.2 Å². The van der Waals surface area contributed by atoms with Crippen LogP contribution >= 0.6 is 0 Å². The number of ether oxygens (including phenoxy) is 2. The zero-order valence-electron chi connectivity index (χ0n) is 13.2. The van der Waals surface area contributed by atoms with Crippen molar-refractivity contribution in [3.05, 3.63) is 30.0 Å². The van der Waals surface area contributed by atoms with E-state index in [-0.39, 0.29) is 12.1 Å². The van der Waals surface area contributed by atoms with Crippen LogP contribution in [0.2, 0.25) is 0 Å². The number of hydrogen-bond donors (Lipinski definition) is 1. The monoisotopic (exact) mass is 301 g/mol. The van der Waals surface area contributed by atoms with E-state index < -0.39 is 0 Å². The van der Waals surface area contributed by atoms with Crippen LogP contribution in [0.3, 0.4) is 0 Å². The number of H-pyrrole nitrogens is 1. The predicted octanol–water partition coefficient (Wildman–Crippen LogP) is 3.84. The van der Waals surface area contributed by atoms with Crippen LogP contribution in [0, 0.1) is 5.92 Å². The molecule has 2 aromatic rings. The van der Waals surface area contributed by atoms with E-state index in [0.29, 0.717) is 12.3 Å². The first-order chi connectivity index (χ1) is 10.7. The average Bonchev–Trinajstić information content (AvgIpc) is 2.89. The quantitative estimate of drug-likeness (QED) is 0.873. The molecule has 1 aliphatic carbocycles. The zero-order valence-corrected chi connectivity index (χ0v) is 13.2. The lowest BCUT2D eigenvalue weighted by molar-refractivity contribution is -0.150. The number of nitrogens with one attached hydrogen (secondary N) is 1. The Morgan fingerprint density at radius 3 is 3.00 bits per heavy atom. The highest BCUT2D eigenvalue weighted by Gasteiger charge is 2.22. The smallest absolute Gasteiger partial charge is 0.310 e. The molecule has 0 amide bonds. The van der Waals surface area contributed by atoms with Crippen molar-refractivity contribution in [3.8, 4) is 5.75 Å². The largest absolute Gasteiger partial charge is 0.497 e. The van der Waals surface area contributed by atoms with Crippen LogP contribution in [0.25, 0.3) is 10.9 Å². The van der Waals surface area contributed by atoms with Crippen molar-refractivity contribution >= 4 is 16.9 Å². The molecule has 1 aromatic heterocycles. The molecule has 118 valence electrons. The molecule has 1 heterocycles. The molecule has 1 N–H and O–H groups in total. The predicted molar refractivity (Wildman–Crippen MR) is 86.1 cm³/mol. The highest BCUT2D eigenvalue weighted by atomic mass is 16.5. The lowest BCUT2D eigenvalue weighted by Gasteiger charge is -2.26. The van der Waals surface area contributed by atoms with E-state index in [0.717, 1.165) is 41.5 Å². The van der Waals surface area contributed by atoms with Gasteiger partial charge in [0.1, 0.15) is 11.9 Å². The maximum atomic E-state index is 12.2. The second kappa shape index (κ2) is 6.42. The number of carbonyl (C=O) groups is 1. The van der Waals surface area contributed by atoms with Gasteiger partial charge in [-0.15, -0.1) is 0 Å². The Labute approximate surface area is 130 Å². The lowest BCUT2D eigenvalue weighted by Crippen LogP contribution is -2.25. The third-order valence-electron chi connectivity index (χ3n) is 4.50. The van der Waals surface area contributed by atoms with Crippen LogP contribution in [0.1, 0.15) is 38.2 Å². The van der Waals surface area contributed by atoms with Crippen molar-refractivity contribution in [2.24, 2.45) is 5.92 Å². The van der Waals surface area contributed by atoms with Crippen LogP contribution in [-0.2, 0) is 16.0 Å². The Kier molecular flexibility index (Phi) is 4.36. The van der Waals surface area contributed by atoms with Crippen LogP contribution < -0.4 is 4.74 Å². The molecule has 0 radical (unpaired) electrons. The van der Waals surface area contributed by atoms with Gasteiger partial charge in [-0.05, 0) is 48.9 Å². The summed E-state index contributed by atoms with van der Waals surface area (Å²) >= 11 is 0. The highest BCUT2D eigenvalue weighted by molar-refractivity contribution is 5.88. The van der Waals surface area contributed by atoms with Gasteiger partial charge in [-0.25, -0.2) is 0 Å². The number of aromatic nitrogens is 1. The van der Waals surface area contributed by atoms with Crippen LogP contribution in [0.4, 0.5) is 0 Å². The molecular weight excluding hydrogens is 278 g/mol. The number of methoxy groups -OCH3 is 1. The summed E-state index contributed by atoms with van der Waals surface area (Å²) in [5.41, 5.74) is 1.97. The minimum Gasteiger partial charge on any atom is -0.497 e. The molecule has 0 aliphatic heterocycles. The van der Waals surface area contributed by atoms with E-state index >= 15 is 0 Å². The van der Waals surface area contributed by atoms with Gasteiger partial charge in [0.2, 0.25) is 0 Å². The topological polar surface area (TPSA) is 51.3 Å². The van der Waals surface area contributed by atoms with E-state index in [4.69, 9.17) is 9.47 Å². The van der Waals surface area contributed by atoms with Gasteiger partial charge in [-0.3, -0.25) is 4.79 Å². The van der Waals surface area contributed by atoms with Crippen molar-refractivity contribution in [3.63, 3.8) is 0 Å². The third kappa shape index (κ3) is 3.26. The van der Waals surface area contributed by atoms with Gasteiger partial charge in [0.05, 0.1) is 13.5 Å². The fourth-order valence-electron chi connectivity index (χ4n) is 3.30. The first kappa shape index (κ1) is 14.9. The molecule has 0 bridgehead atoms. The number of esters is 1. The number of aromatic amines is 1. The van der Waals surface area contributed by atoms with Crippen LogP contribution in [0.15, 0.2) is 24.4 Å². The van der Waals surface area contributed by atoms with E-state index in [1.54, 1.807) is 7.11 Å². The van der Waals surface area contributed by atoms with Crippen molar-refractivity contribution in [1.82, 2.24) is 4.98 Å². The fourth-order valence-corrected chi connectivity index (χ4v) is 3.30. The number of hydrogen-bond acceptors (Lipinski definition) is 3. The molecule has 3 rings (SSSR count). The van der Waals surface area contributed by atoms with Gasteiger partial charge < -0.3 is 14.5 Å². The lowest BCUT2D eigenvalue weighted by atomic mass is 9.89. The Balaban J connectivity index is 1.68. The van der Waals surface area contributed by atoms with Gasteiger partial charge in [-0.2, -0.15) is 0 Å². The average molecular weight is 301 g/mol.